The fraction of sp³-hybridized carbons (Fsp3) is 0.167. The van der Waals surface area contributed by atoms with Crippen molar-refractivity contribution >= 4 is 28.4 Å². The van der Waals surface area contributed by atoms with Crippen molar-refractivity contribution in [2.45, 2.75) is 20.4 Å². The summed E-state index contributed by atoms with van der Waals surface area (Å²) in [6.07, 6.45) is 0. The first-order valence-corrected chi connectivity index (χ1v) is 10.1. The number of amides is 2. The molecule has 4 rings (SSSR count). The number of carbonyl (C=O) groups excluding carboxylic acids is 2. The summed E-state index contributed by atoms with van der Waals surface area (Å²) in [7, 11) is 1.61. The molecule has 2 aromatic heterocycles. The van der Waals surface area contributed by atoms with Crippen LogP contribution in [0.4, 0.5) is 10.1 Å². The molecule has 0 unspecified atom stereocenters. The molecule has 0 atom stereocenters. The number of fused-ring (bicyclic) bond motifs is 1. The fourth-order valence-corrected chi connectivity index (χ4v) is 3.63. The molecule has 4 aromatic rings. The van der Waals surface area contributed by atoms with Crippen molar-refractivity contribution in [3.05, 3.63) is 82.6 Å². The summed E-state index contributed by atoms with van der Waals surface area (Å²) in [6.45, 7) is 4.16. The van der Waals surface area contributed by atoms with Crippen LogP contribution in [0.2, 0.25) is 0 Å². The van der Waals surface area contributed by atoms with Gasteiger partial charge in [-0.1, -0.05) is 12.1 Å². The maximum atomic E-state index is 13.7. The van der Waals surface area contributed by atoms with E-state index in [4.69, 9.17) is 10.5 Å². The molecule has 0 spiro atoms. The van der Waals surface area contributed by atoms with Crippen LogP contribution in [0, 0.1) is 19.7 Å². The Labute approximate surface area is 189 Å². The molecule has 8 nitrogen and oxygen atoms in total. The van der Waals surface area contributed by atoms with Gasteiger partial charge in [-0.2, -0.15) is 5.10 Å². The second-order valence-corrected chi connectivity index (χ2v) is 7.59. The number of benzene rings is 2. The van der Waals surface area contributed by atoms with Gasteiger partial charge in [0.1, 0.15) is 17.3 Å². The number of pyridine rings is 1. The van der Waals surface area contributed by atoms with Gasteiger partial charge in [0, 0.05) is 11.5 Å². The molecule has 3 N–H and O–H groups in total. The Morgan fingerprint density at radius 1 is 1.12 bits per heavy atom. The van der Waals surface area contributed by atoms with Gasteiger partial charge in [-0.05, 0) is 49.7 Å². The molecule has 2 heterocycles. The number of anilines is 1. The molecule has 33 heavy (non-hydrogen) atoms. The second kappa shape index (κ2) is 8.70. The van der Waals surface area contributed by atoms with E-state index in [1.165, 1.54) is 18.2 Å². The number of rotatable bonds is 6. The zero-order valence-corrected chi connectivity index (χ0v) is 18.3. The standard InChI is InChI=1S/C24H22FN5O3/c1-13-22(14(2)30(29-13)12-15-4-7-17(33-3)8-5-15)28-24(32)19-11-21(23(26)31)27-20-10-16(25)6-9-18(19)20/h4-11H,12H2,1-3H3,(H2,26,31)(H,28,32). The summed E-state index contributed by atoms with van der Waals surface area (Å²) in [5.41, 5.74) is 8.54. The quantitative estimate of drug-likeness (QED) is 0.469. The van der Waals surface area contributed by atoms with Gasteiger partial charge in [-0.25, -0.2) is 9.37 Å². The molecular weight excluding hydrogens is 425 g/mol. The fourth-order valence-electron chi connectivity index (χ4n) is 3.63. The number of ether oxygens (including phenoxy) is 1. The van der Waals surface area contributed by atoms with Crippen LogP contribution in [-0.2, 0) is 6.54 Å². The molecule has 9 heteroatoms. The number of primary amides is 1. The van der Waals surface area contributed by atoms with Gasteiger partial charge in [-0.15, -0.1) is 0 Å². The Kier molecular flexibility index (Phi) is 5.78. The van der Waals surface area contributed by atoms with Gasteiger partial charge in [0.15, 0.2) is 0 Å². The molecular formula is C24H22FN5O3. The number of aromatic nitrogens is 3. The highest BCUT2D eigenvalue weighted by Crippen LogP contribution is 2.25. The van der Waals surface area contributed by atoms with Crippen LogP contribution in [0.5, 0.6) is 5.75 Å². The largest absolute Gasteiger partial charge is 0.497 e. The third-order valence-corrected chi connectivity index (χ3v) is 5.38. The molecule has 2 aromatic carbocycles. The minimum Gasteiger partial charge on any atom is -0.497 e. The lowest BCUT2D eigenvalue weighted by molar-refractivity contribution is 0.0996. The van der Waals surface area contributed by atoms with E-state index in [-0.39, 0.29) is 16.8 Å². The molecule has 0 bridgehead atoms. The first kappa shape index (κ1) is 21.9. The van der Waals surface area contributed by atoms with Crippen LogP contribution in [0.3, 0.4) is 0 Å². The first-order chi connectivity index (χ1) is 15.8. The highest BCUT2D eigenvalue weighted by molar-refractivity contribution is 6.14. The Hall–Kier alpha value is -4.27. The normalized spacial score (nSPS) is 10.9. The predicted octanol–water partition coefficient (Wildman–Crippen LogP) is 3.60. The molecule has 0 saturated heterocycles. The zero-order chi connectivity index (χ0) is 23.7. The highest BCUT2D eigenvalue weighted by Gasteiger charge is 2.19. The average Bonchev–Trinajstić information content (AvgIpc) is 3.05. The number of hydrogen-bond acceptors (Lipinski definition) is 5. The minimum atomic E-state index is -0.810. The number of nitrogens with one attached hydrogen (secondary N) is 1. The molecule has 0 radical (unpaired) electrons. The van der Waals surface area contributed by atoms with Gasteiger partial charge in [0.05, 0.1) is 41.8 Å². The number of nitrogens with two attached hydrogens (primary N) is 1. The van der Waals surface area contributed by atoms with Crippen molar-refractivity contribution in [1.82, 2.24) is 14.8 Å². The zero-order valence-electron chi connectivity index (χ0n) is 18.3. The van der Waals surface area contributed by atoms with E-state index in [1.54, 1.807) is 18.7 Å². The number of nitrogens with zero attached hydrogens (tertiary/aromatic N) is 3. The second-order valence-electron chi connectivity index (χ2n) is 7.59. The lowest BCUT2D eigenvalue weighted by atomic mass is 10.1. The minimum absolute atomic E-state index is 0.123. The Morgan fingerprint density at radius 2 is 1.85 bits per heavy atom. The molecule has 0 aliphatic carbocycles. The predicted molar refractivity (Wildman–Crippen MR) is 122 cm³/mol. The van der Waals surface area contributed by atoms with Crippen molar-refractivity contribution in [3.8, 4) is 5.75 Å². The van der Waals surface area contributed by atoms with E-state index in [0.29, 0.717) is 23.3 Å². The van der Waals surface area contributed by atoms with Crippen LogP contribution < -0.4 is 15.8 Å². The third-order valence-electron chi connectivity index (χ3n) is 5.38. The number of hydrogen-bond donors (Lipinski definition) is 2. The van der Waals surface area contributed by atoms with Crippen molar-refractivity contribution in [3.63, 3.8) is 0 Å². The lowest BCUT2D eigenvalue weighted by Gasteiger charge is -2.10. The van der Waals surface area contributed by atoms with Gasteiger partial charge < -0.3 is 15.8 Å². The summed E-state index contributed by atoms with van der Waals surface area (Å²) < 4.78 is 20.7. The molecule has 0 aliphatic heterocycles. The van der Waals surface area contributed by atoms with E-state index in [1.807, 2.05) is 31.2 Å². The van der Waals surface area contributed by atoms with Gasteiger partial charge >= 0.3 is 0 Å². The molecule has 0 aliphatic rings. The Morgan fingerprint density at radius 3 is 2.52 bits per heavy atom. The number of aryl methyl sites for hydroxylation is 1. The molecule has 2 amide bonds. The van der Waals surface area contributed by atoms with Crippen LogP contribution in [0.15, 0.2) is 48.5 Å². The molecule has 0 saturated carbocycles. The van der Waals surface area contributed by atoms with Crippen molar-refractivity contribution in [2.75, 3.05) is 12.4 Å². The van der Waals surface area contributed by atoms with Crippen molar-refractivity contribution in [2.24, 2.45) is 5.73 Å². The maximum Gasteiger partial charge on any atom is 0.267 e. The third kappa shape index (κ3) is 4.38. The lowest BCUT2D eigenvalue weighted by Crippen LogP contribution is -2.18. The topological polar surface area (TPSA) is 112 Å². The monoisotopic (exact) mass is 447 g/mol. The van der Waals surface area contributed by atoms with Gasteiger partial charge in [0.25, 0.3) is 11.8 Å². The summed E-state index contributed by atoms with van der Waals surface area (Å²) >= 11 is 0. The first-order valence-electron chi connectivity index (χ1n) is 10.1. The maximum absolute atomic E-state index is 13.7. The van der Waals surface area contributed by atoms with Crippen LogP contribution in [0.25, 0.3) is 10.9 Å². The van der Waals surface area contributed by atoms with E-state index < -0.39 is 17.6 Å². The van der Waals surface area contributed by atoms with E-state index >= 15 is 0 Å². The van der Waals surface area contributed by atoms with Crippen molar-refractivity contribution in [1.29, 1.82) is 0 Å². The van der Waals surface area contributed by atoms with E-state index in [2.05, 4.69) is 15.4 Å². The van der Waals surface area contributed by atoms with Crippen LogP contribution >= 0.6 is 0 Å². The summed E-state index contributed by atoms with van der Waals surface area (Å²) in [5, 5.41) is 7.83. The molecule has 0 fully saturated rings. The van der Waals surface area contributed by atoms with E-state index in [9.17, 15) is 14.0 Å². The number of carbonyl (C=O) groups is 2. The van der Waals surface area contributed by atoms with Crippen LogP contribution in [0.1, 0.15) is 37.8 Å². The number of methoxy groups -OCH3 is 1. The van der Waals surface area contributed by atoms with Gasteiger partial charge in [0.2, 0.25) is 0 Å². The highest BCUT2D eigenvalue weighted by atomic mass is 19.1. The average molecular weight is 447 g/mol. The Balaban J connectivity index is 1.66. The van der Waals surface area contributed by atoms with E-state index in [0.717, 1.165) is 23.1 Å². The van der Waals surface area contributed by atoms with Crippen LogP contribution in [-0.4, -0.2) is 33.7 Å². The summed E-state index contributed by atoms with van der Waals surface area (Å²) in [6, 6.07) is 12.8. The Bertz CT molecular complexity index is 1380. The van der Waals surface area contributed by atoms with Crippen molar-refractivity contribution < 1.29 is 18.7 Å². The smallest absolute Gasteiger partial charge is 0.267 e. The van der Waals surface area contributed by atoms with Gasteiger partial charge in [-0.3, -0.25) is 14.3 Å². The SMILES string of the molecule is COc1ccc(Cn2nc(C)c(NC(=O)c3cc(C(N)=O)nc4cc(F)ccc34)c2C)cc1. The molecule has 168 valence electrons. The number of halogens is 1. The summed E-state index contributed by atoms with van der Waals surface area (Å²) in [5.74, 6) is -1.06. The summed E-state index contributed by atoms with van der Waals surface area (Å²) in [4.78, 5) is 29.0.